The first-order valence-electron chi connectivity index (χ1n) is 7.45. The van der Waals surface area contributed by atoms with Crippen molar-refractivity contribution in [1.29, 1.82) is 0 Å². The molecule has 120 valence electrons. The Morgan fingerprint density at radius 2 is 1.73 bits per heavy atom. The molecule has 0 radical (unpaired) electrons. The zero-order valence-electron chi connectivity index (χ0n) is 12.1. The molecule has 0 bridgehead atoms. The van der Waals surface area contributed by atoms with Crippen LogP contribution >= 0.6 is 0 Å². The average Bonchev–Trinajstić information content (AvgIpc) is 3.00. The number of hydrogen-bond donors (Lipinski definition) is 1. The summed E-state index contributed by atoms with van der Waals surface area (Å²) in [6.07, 6.45) is 1.08. The van der Waals surface area contributed by atoms with Crippen LogP contribution in [-0.2, 0) is 0 Å². The summed E-state index contributed by atoms with van der Waals surface area (Å²) in [6, 6.07) is 1.55. The fourth-order valence-electron chi connectivity index (χ4n) is 3.15. The number of carbonyl (C=O) groups excluding carboxylic acids is 1. The molecule has 7 heteroatoms. The quantitative estimate of drug-likeness (QED) is 0.892. The van der Waals surface area contributed by atoms with E-state index in [4.69, 9.17) is 0 Å². The third kappa shape index (κ3) is 2.96. The van der Waals surface area contributed by atoms with Crippen molar-refractivity contribution in [1.82, 2.24) is 15.1 Å². The molecule has 1 atom stereocenters. The lowest BCUT2D eigenvalue weighted by Crippen LogP contribution is -2.52. The Labute approximate surface area is 126 Å². The van der Waals surface area contributed by atoms with Crippen molar-refractivity contribution >= 4 is 5.91 Å². The second-order valence-electron chi connectivity index (χ2n) is 5.72. The van der Waals surface area contributed by atoms with E-state index in [1.54, 1.807) is 0 Å². The van der Waals surface area contributed by atoms with E-state index >= 15 is 0 Å². The van der Waals surface area contributed by atoms with Gasteiger partial charge >= 0.3 is 0 Å². The molecule has 1 aromatic rings. The lowest BCUT2D eigenvalue weighted by atomic mass is 10.1. The second-order valence-corrected chi connectivity index (χ2v) is 5.72. The number of hydrogen-bond acceptors (Lipinski definition) is 3. The summed E-state index contributed by atoms with van der Waals surface area (Å²) in [4.78, 5) is 16.0. The predicted molar refractivity (Wildman–Crippen MR) is 75.1 cm³/mol. The zero-order chi connectivity index (χ0) is 15.7. The van der Waals surface area contributed by atoms with Gasteiger partial charge in [-0.1, -0.05) is 0 Å². The first-order valence-corrected chi connectivity index (χ1v) is 7.45. The van der Waals surface area contributed by atoms with Gasteiger partial charge in [0, 0.05) is 50.9 Å². The van der Waals surface area contributed by atoms with Crippen molar-refractivity contribution in [2.45, 2.75) is 12.5 Å². The molecule has 2 aliphatic rings. The molecule has 2 heterocycles. The van der Waals surface area contributed by atoms with Crippen LogP contribution in [0.1, 0.15) is 16.8 Å². The Morgan fingerprint density at radius 1 is 1.09 bits per heavy atom. The average molecular weight is 313 g/mol. The highest BCUT2D eigenvalue weighted by Gasteiger charge is 2.30. The largest absolute Gasteiger partial charge is 0.336 e. The molecule has 1 N–H and O–H groups in total. The highest BCUT2D eigenvalue weighted by Crippen LogP contribution is 2.19. The van der Waals surface area contributed by atoms with Gasteiger partial charge in [0.25, 0.3) is 5.91 Å². The van der Waals surface area contributed by atoms with E-state index in [2.05, 4.69) is 10.2 Å². The molecule has 2 aliphatic heterocycles. The van der Waals surface area contributed by atoms with Gasteiger partial charge in [-0.25, -0.2) is 13.2 Å². The smallest absolute Gasteiger partial charge is 0.259 e. The third-order valence-electron chi connectivity index (χ3n) is 4.37. The van der Waals surface area contributed by atoms with Gasteiger partial charge in [0.15, 0.2) is 0 Å². The van der Waals surface area contributed by atoms with E-state index in [1.807, 2.05) is 0 Å². The normalized spacial score (nSPS) is 23.0. The first-order chi connectivity index (χ1) is 10.6. The van der Waals surface area contributed by atoms with Crippen molar-refractivity contribution in [3.8, 4) is 0 Å². The van der Waals surface area contributed by atoms with Crippen LogP contribution in [0, 0.1) is 17.5 Å². The van der Waals surface area contributed by atoms with E-state index in [-0.39, 0.29) is 0 Å². The number of piperazine rings is 1. The Bertz CT molecular complexity index is 544. The number of rotatable bonds is 2. The van der Waals surface area contributed by atoms with Crippen molar-refractivity contribution in [3.05, 3.63) is 35.1 Å². The van der Waals surface area contributed by atoms with Gasteiger partial charge in [0.05, 0.1) is 0 Å². The lowest BCUT2D eigenvalue weighted by Gasteiger charge is -2.37. The fraction of sp³-hybridized carbons (Fsp3) is 0.533. The Balaban J connectivity index is 1.67. The highest BCUT2D eigenvalue weighted by molar-refractivity contribution is 5.94. The van der Waals surface area contributed by atoms with Crippen LogP contribution in [0.2, 0.25) is 0 Å². The fourth-order valence-corrected chi connectivity index (χ4v) is 3.15. The van der Waals surface area contributed by atoms with Crippen LogP contribution in [0.5, 0.6) is 0 Å². The summed E-state index contributed by atoms with van der Waals surface area (Å²) in [5.74, 6) is -4.03. The summed E-state index contributed by atoms with van der Waals surface area (Å²) in [5, 5.41) is 3.29. The van der Waals surface area contributed by atoms with Gasteiger partial charge in [-0.2, -0.15) is 0 Å². The summed E-state index contributed by atoms with van der Waals surface area (Å²) in [6.45, 7) is 4.15. The zero-order valence-corrected chi connectivity index (χ0v) is 12.1. The number of carbonyl (C=O) groups is 1. The standard InChI is InChI=1S/C15H18F3N3O/c16-10-7-12(17)14(13(18)8-10)15(22)21-5-3-20(4-6-21)11-1-2-19-9-11/h7-8,11,19H,1-6,9H2. The van der Waals surface area contributed by atoms with Gasteiger partial charge in [-0.05, 0) is 13.0 Å². The number of benzene rings is 1. The molecule has 2 saturated heterocycles. The molecule has 1 unspecified atom stereocenters. The van der Waals surface area contributed by atoms with Crippen molar-refractivity contribution in [2.75, 3.05) is 39.3 Å². The number of nitrogens with zero attached hydrogens (tertiary/aromatic N) is 2. The molecular formula is C15H18F3N3O. The molecule has 4 nitrogen and oxygen atoms in total. The van der Waals surface area contributed by atoms with Crippen LogP contribution in [0.15, 0.2) is 12.1 Å². The molecule has 22 heavy (non-hydrogen) atoms. The summed E-state index contributed by atoms with van der Waals surface area (Å²) >= 11 is 0. The number of amides is 1. The highest BCUT2D eigenvalue weighted by atomic mass is 19.1. The van der Waals surface area contributed by atoms with Crippen LogP contribution in [-0.4, -0.2) is 61.0 Å². The maximum Gasteiger partial charge on any atom is 0.259 e. The Morgan fingerprint density at radius 3 is 2.27 bits per heavy atom. The topological polar surface area (TPSA) is 35.6 Å². The van der Waals surface area contributed by atoms with E-state index in [1.165, 1.54) is 4.90 Å². The molecule has 1 amide bonds. The number of nitrogens with one attached hydrogen (secondary N) is 1. The molecule has 0 saturated carbocycles. The Kier molecular flexibility index (Phi) is 4.35. The summed E-state index contributed by atoms with van der Waals surface area (Å²) in [5.41, 5.74) is -0.669. The third-order valence-corrected chi connectivity index (χ3v) is 4.37. The van der Waals surface area contributed by atoms with Crippen LogP contribution in [0.3, 0.4) is 0 Å². The monoisotopic (exact) mass is 313 g/mol. The molecule has 0 spiro atoms. The first kappa shape index (κ1) is 15.3. The predicted octanol–water partition coefficient (Wildman–Crippen LogP) is 1.22. The summed E-state index contributed by atoms with van der Waals surface area (Å²) in [7, 11) is 0. The minimum absolute atomic E-state index is 0.422. The van der Waals surface area contributed by atoms with Crippen molar-refractivity contribution in [3.63, 3.8) is 0 Å². The maximum absolute atomic E-state index is 13.7. The van der Waals surface area contributed by atoms with E-state index < -0.39 is 28.9 Å². The maximum atomic E-state index is 13.7. The Hall–Kier alpha value is -1.60. The van der Waals surface area contributed by atoms with Crippen LogP contribution < -0.4 is 5.32 Å². The minimum atomic E-state index is -1.15. The molecular weight excluding hydrogens is 295 g/mol. The molecule has 1 aromatic carbocycles. The van der Waals surface area contributed by atoms with E-state index in [0.717, 1.165) is 19.5 Å². The van der Waals surface area contributed by atoms with Gasteiger partial charge in [0.1, 0.15) is 23.0 Å². The van der Waals surface area contributed by atoms with E-state index in [0.29, 0.717) is 44.4 Å². The number of halogens is 3. The van der Waals surface area contributed by atoms with Crippen LogP contribution in [0.25, 0.3) is 0 Å². The van der Waals surface area contributed by atoms with Gasteiger partial charge < -0.3 is 10.2 Å². The van der Waals surface area contributed by atoms with Crippen molar-refractivity contribution < 1.29 is 18.0 Å². The SMILES string of the molecule is O=C(c1c(F)cc(F)cc1F)N1CCN(C2CCNC2)CC1. The lowest BCUT2D eigenvalue weighted by molar-refractivity contribution is 0.0574. The summed E-state index contributed by atoms with van der Waals surface area (Å²) < 4.78 is 40.3. The van der Waals surface area contributed by atoms with Gasteiger partial charge in [0.2, 0.25) is 0 Å². The van der Waals surface area contributed by atoms with Gasteiger partial charge in [-0.15, -0.1) is 0 Å². The van der Waals surface area contributed by atoms with Crippen LogP contribution in [0.4, 0.5) is 13.2 Å². The molecule has 3 rings (SSSR count). The molecule has 0 aromatic heterocycles. The van der Waals surface area contributed by atoms with Crippen molar-refractivity contribution in [2.24, 2.45) is 0 Å². The van der Waals surface area contributed by atoms with Gasteiger partial charge in [-0.3, -0.25) is 9.69 Å². The minimum Gasteiger partial charge on any atom is -0.336 e. The second kappa shape index (κ2) is 6.26. The molecule has 2 fully saturated rings. The molecule has 0 aliphatic carbocycles. The van der Waals surface area contributed by atoms with E-state index in [9.17, 15) is 18.0 Å².